The SMILES string of the molecule is Cc1cc2oc(=O)cc(C)c2cc1S(=O)(=O)NCCO. The van der Waals surface area contributed by atoms with Gasteiger partial charge in [0.2, 0.25) is 10.0 Å². The summed E-state index contributed by atoms with van der Waals surface area (Å²) in [5.41, 5.74) is 1.00. The van der Waals surface area contributed by atoms with Gasteiger partial charge >= 0.3 is 5.63 Å². The molecule has 1 aromatic carbocycles. The van der Waals surface area contributed by atoms with E-state index in [-0.39, 0.29) is 18.0 Å². The molecule has 0 unspecified atom stereocenters. The van der Waals surface area contributed by atoms with Crippen molar-refractivity contribution in [2.75, 3.05) is 13.2 Å². The van der Waals surface area contributed by atoms with Crippen molar-refractivity contribution in [2.45, 2.75) is 18.7 Å². The average molecular weight is 297 g/mol. The van der Waals surface area contributed by atoms with Crippen molar-refractivity contribution in [3.05, 3.63) is 39.7 Å². The van der Waals surface area contributed by atoms with Crippen LogP contribution < -0.4 is 10.3 Å². The van der Waals surface area contributed by atoms with E-state index >= 15 is 0 Å². The number of aliphatic hydroxyl groups excluding tert-OH is 1. The summed E-state index contributed by atoms with van der Waals surface area (Å²) in [6.07, 6.45) is 0. The number of hydrogen-bond donors (Lipinski definition) is 2. The summed E-state index contributed by atoms with van der Waals surface area (Å²) in [5, 5.41) is 9.28. The fourth-order valence-electron chi connectivity index (χ4n) is 1.99. The predicted molar refractivity (Wildman–Crippen MR) is 74.2 cm³/mol. The molecule has 1 heterocycles. The average Bonchev–Trinajstić information content (AvgIpc) is 2.35. The molecule has 2 rings (SSSR count). The molecular weight excluding hydrogens is 282 g/mol. The van der Waals surface area contributed by atoms with Crippen LogP contribution in [0.2, 0.25) is 0 Å². The second kappa shape index (κ2) is 5.35. The van der Waals surface area contributed by atoms with Gasteiger partial charge in [-0.3, -0.25) is 0 Å². The van der Waals surface area contributed by atoms with Crippen molar-refractivity contribution in [1.82, 2.24) is 4.72 Å². The Labute approximate surface area is 116 Å². The monoisotopic (exact) mass is 297 g/mol. The molecule has 0 fully saturated rings. The molecule has 0 saturated heterocycles. The maximum absolute atomic E-state index is 12.1. The van der Waals surface area contributed by atoms with Crippen LogP contribution in [-0.2, 0) is 10.0 Å². The minimum atomic E-state index is -3.70. The highest BCUT2D eigenvalue weighted by Gasteiger charge is 2.18. The second-order valence-corrected chi connectivity index (χ2v) is 6.22. The molecule has 0 atom stereocenters. The van der Waals surface area contributed by atoms with Gasteiger partial charge in [-0.25, -0.2) is 17.9 Å². The van der Waals surface area contributed by atoms with Gasteiger partial charge in [0, 0.05) is 18.0 Å². The van der Waals surface area contributed by atoms with E-state index in [1.54, 1.807) is 13.8 Å². The molecule has 1 aromatic heterocycles. The molecule has 0 aliphatic heterocycles. The van der Waals surface area contributed by atoms with Crippen molar-refractivity contribution >= 4 is 21.0 Å². The molecule has 0 aliphatic rings. The Morgan fingerprint density at radius 3 is 2.55 bits per heavy atom. The Morgan fingerprint density at radius 1 is 1.20 bits per heavy atom. The Hall–Kier alpha value is -1.70. The molecule has 0 saturated carbocycles. The molecule has 2 N–H and O–H groups in total. The van der Waals surface area contributed by atoms with E-state index < -0.39 is 15.6 Å². The molecule has 2 aromatic rings. The van der Waals surface area contributed by atoms with Crippen molar-refractivity contribution in [3.63, 3.8) is 0 Å². The fourth-order valence-corrected chi connectivity index (χ4v) is 3.27. The van der Waals surface area contributed by atoms with Crippen molar-refractivity contribution in [1.29, 1.82) is 0 Å². The number of rotatable bonds is 4. The Kier molecular flexibility index (Phi) is 3.94. The summed E-state index contributed by atoms with van der Waals surface area (Å²) in [7, 11) is -3.70. The smallest absolute Gasteiger partial charge is 0.336 e. The molecule has 0 aliphatic carbocycles. The summed E-state index contributed by atoms with van der Waals surface area (Å²) in [6, 6.07) is 4.31. The number of aliphatic hydroxyl groups is 1. The Balaban J connectivity index is 2.67. The van der Waals surface area contributed by atoms with E-state index in [9.17, 15) is 13.2 Å². The first-order valence-electron chi connectivity index (χ1n) is 6.01. The lowest BCUT2D eigenvalue weighted by Gasteiger charge is -2.10. The third kappa shape index (κ3) is 2.74. The first-order valence-corrected chi connectivity index (χ1v) is 7.49. The maximum atomic E-state index is 12.1. The number of sulfonamides is 1. The first-order chi connectivity index (χ1) is 9.35. The van der Waals surface area contributed by atoms with Gasteiger partial charge in [-0.15, -0.1) is 0 Å². The van der Waals surface area contributed by atoms with Crippen molar-refractivity contribution in [2.24, 2.45) is 0 Å². The highest BCUT2D eigenvalue weighted by atomic mass is 32.2. The number of nitrogens with one attached hydrogen (secondary N) is 1. The normalized spacial score (nSPS) is 11.9. The number of benzene rings is 1. The van der Waals surface area contributed by atoms with E-state index in [2.05, 4.69) is 4.72 Å². The highest BCUT2D eigenvalue weighted by molar-refractivity contribution is 7.89. The minimum Gasteiger partial charge on any atom is -0.423 e. The van der Waals surface area contributed by atoms with Gasteiger partial charge in [0.25, 0.3) is 0 Å². The third-order valence-electron chi connectivity index (χ3n) is 2.94. The molecule has 20 heavy (non-hydrogen) atoms. The maximum Gasteiger partial charge on any atom is 0.336 e. The van der Waals surface area contributed by atoms with E-state index in [4.69, 9.17) is 9.52 Å². The van der Waals surface area contributed by atoms with Crippen LogP contribution >= 0.6 is 0 Å². The lowest BCUT2D eigenvalue weighted by molar-refractivity contribution is 0.301. The zero-order valence-electron chi connectivity index (χ0n) is 11.1. The van der Waals surface area contributed by atoms with Gasteiger partial charge in [-0.1, -0.05) is 0 Å². The van der Waals surface area contributed by atoms with E-state index in [0.717, 1.165) is 0 Å². The molecule has 0 radical (unpaired) electrons. The topological polar surface area (TPSA) is 96.6 Å². The van der Waals surface area contributed by atoms with Crippen LogP contribution in [0.4, 0.5) is 0 Å². The Bertz CT molecular complexity index is 807. The van der Waals surface area contributed by atoms with Crippen LogP contribution in [0, 0.1) is 13.8 Å². The molecule has 7 heteroatoms. The van der Waals surface area contributed by atoms with E-state index in [1.165, 1.54) is 18.2 Å². The van der Waals surface area contributed by atoms with Crippen LogP contribution in [0.5, 0.6) is 0 Å². The standard InChI is InChI=1S/C13H15NO5S/c1-8-6-13(16)19-11-5-9(2)12(7-10(8)11)20(17,18)14-3-4-15/h5-7,14-15H,3-4H2,1-2H3. The summed E-state index contributed by atoms with van der Waals surface area (Å²) >= 11 is 0. The van der Waals surface area contributed by atoms with E-state index in [0.29, 0.717) is 22.1 Å². The predicted octanol–water partition coefficient (Wildman–Crippen LogP) is 0.680. The molecule has 0 bridgehead atoms. The van der Waals surface area contributed by atoms with Gasteiger partial charge in [0.1, 0.15) is 5.58 Å². The number of aryl methyl sites for hydroxylation is 2. The lowest BCUT2D eigenvalue weighted by atomic mass is 10.1. The van der Waals surface area contributed by atoms with E-state index in [1.807, 2.05) is 0 Å². The number of hydrogen-bond acceptors (Lipinski definition) is 5. The van der Waals surface area contributed by atoms with Crippen LogP contribution in [0.15, 0.2) is 32.3 Å². The highest BCUT2D eigenvalue weighted by Crippen LogP contribution is 2.24. The van der Waals surface area contributed by atoms with Gasteiger partial charge in [-0.05, 0) is 37.1 Å². The first kappa shape index (κ1) is 14.7. The molecular formula is C13H15NO5S. The lowest BCUT2D eigenvalue weighted by Crippen LogP contribution is -2.27. The number of fused-ring (bicyclic) bond motifs is 1. The zero-order valence-corrected chi connectivity index (χ0v) is 12.0. The van der Waals surface area contributed by atoms with Gasteiger partial charge in [0.15, 0.2) is 0 Å². The Morgan fingerprint density at radius 2 is 1.90 bits per heavy atom. The summed E-state index contributed by atoms with van der Waals surface area (Å²) in [5.74, 6) is 0. The molecule has 108 valence electrons. The quantitative estimate of drug-likeness (QED) is 0.809. The van der Waals surface area contributed by atoms with Gasteiger partial charge in [-0.2, -0.15) is 0 Å². The summed E-state index contributed by atoms with van der Waals surface area (Å²) < 4.78 is 31.6. The van der Waals surface area contributed by atoms with Gasteiger partial charge < -0.3 is 9.52 Å². The third-order valence-corrected chi connectivity index (χ3v) is 4.54. The summed E-state index contributed by atoms with van der Waals surface area (Å²) in [4.78, 5) is 11.4. The van der Waals surface area contributed by atoms with Crippen LogP contribution in [0.3, 0.4) is 0 Å². The minimum absolute atomic E-state index is 0.0529. The van der Waals surface area contributed by atoms with Crippen molar-refractivity contribution in [3.8, 4) is 0 Å². The van der Waals surface area contributed by atoms with Crippen LogP contribution in [0.25, 0.3) is 11.0 Å². The zero-order chi connectivity index (χ0) is 14.9. The van der Waals surface area contributed by atoms with Crippen LogP contribution in [0.1, 0.15) is 11.1 Å². The summed E-state index contributed by atoms with van der Waals surface area (Å²) in [6.45, 7) is 3.00. The van der Waals surface area contributed by atoms with Gasteiger partial charge in [0.05, 0.1) is 11.5 Å². The van der Waals surface area contributed by atoms with Crippen molar-refractivity contribution < 1.29 is 17.9 Å². The fraction of sp³-hybridized carbons (Fsp3) is 0.308. The molecule has 0 amide bonds. The molecule has 6 nitrogen and oxygen atoms in total. The largest absolute Gasteiger partial charge is 0.423 e. The molecule has 0 spiro atoms. The van der Waals surface area contributed by atoms with Crippen LogP contribution in [-0.4, -0.2) is 26.7 Å². The second-order valence-electron chi connectivity index (χ2n) is 4.48.